The van der Waals surface area contributed by atoms with Crippen molar-refractivity contribution < 1.29 is 18.3 Å². The van der Waals surface area contributed by atoms with Gasteiger partial charge in [-0.3, -0.25) is 4.72 Å². The number of thiophene rings is 1. The van der Waals surface area contributed by atoms with Crippen LogP contribution >= 0.6 is 22.9 Å². The maximum Gasteiger partial charge on any atom is 0.347 e. The van der Waals surface area contributed by atoms with Gasteiger partial charge in [0.05, 0.1) is 5.69 Å². The smallest absolute Gasteiger partial charge is 0.347 e. The minimum atomic E-state index is -4.06. The van der Waals surface area contributed by atoms with Crippen molar-refractivity contribution in [3.63, 3.8) is 0 Å². The van der Waals surface area contributed by atoms with Crippen molar-refractivity contribution in [2.24, 2.45) is 0 Å². The second-order valence-electron chi connectivity index (χ2n) is 4.34. The predicted molar refractivity (Wildman–Crippen MR) is 80.8 cm³/mol. The monoisotopic (exact) mass is 346 g/mol. The Morgan fingerprint density at radius 1 is 1.43 bits per heavy atom. The van der Waals surface area contributed by atoms with Gasteiger partial charge in [-0.15, -0.1) is 11.3 Å². The van der Waals surface area contributed by atoms with Crippen LogP contribution in [0, 0.1) is 13.8 Å². The summed E-state index contributed by atoms with van der Waals surface area (Å²) in [7, 11) is -4.06. The molecule has 0 unspecified atom stereocenters. The first kappa shape index (κ1) is 15.7. The number of hydrogen-bond donors (Lipinski definition) is 2. The highest BCUT2D eigenvalue weighted by molar-refractivity contribution is 7.93. The summed E-state index contributed by atoms with van der Waals surface area (Å²) < 4.78 is 27.1. The zero-order valence-electron chi connectivity index (χ0n) is 11.0. The van der Waals surface area contributed by atoms with Crippen molar-refractivity contribution in [3.05, 3.63) is 38.8 Å². The number of carboxylic acid groups (broad SMARTS) is 1. The maximum absolute atomic E-state index is 12.4. The van der Waals surface area contributed by atoms with E-state index in [0.29, 0.717) is 5.56 Å². The zero-order chi connectivity index (χ0) is 15.8. The van der Waals surface area contributed by atoms with Gasteiger partial charge < -0.3 is 5.11 Å². The number of hydrogen-bond acceptors (Lipinski definition) is 5. The van der Waals surface area contributed by atoms with Gasteiger partial charge in [0.1, 0.15) is 9.77 Å². The highest BCUT2D eigenvalue weighted by Gasteiger charge is 2.27. The highest BCUT2D eigenvalue weighted by atomic mass is 35.5. The molecule has 0 fully saturated rings. The molecule has 0 saturated heterocycles. The number of nitrogens with one attached hydrogen (secondary N) is 1. The Balaban J connectivity index is 2.51. The van der Waals surface area contributed by atoms with Crippen LogP contribution in [0.4, 0.5) is 5.69 Å². The molecule has 2 heterocycles. The maximum atomic E-state index is 12.4. The molecule has 2 N–H and O–H groups in total. The van der Waals surface area contributed by atoms with Gasteiger partial charge >= 0.3 is 5.97 Å². The Morgan fingerprint density at radius 3 is 2.71 bits per heavy atom. The Hall–Kier alpha value is -1.64. The molecule has 0 aromatic carbocycles. The van der Waals surface area contributed by atoms with Gasteiger partial charge in [0, 0.05) is 6.20 Å². The molecule has 0 spiro atoms. The second kappa shape index (κ2) is 5.63. The van der Waals surface area contributed by atoms with Crippen molar-refractivity contribution in [1.82, 2.24) is 4.98 Å². The van der Waals surface area contributed by atoms with Crippen LogP contribution in [0.15, 0.2) is 22.5 Å². The molecule has 2 rings (SSSR count). The summed E-state index contributed by atoms with van der Waals surface area (Å²) in [6, 6.07) is 1.52. The van der Waals surface area contributed by atoms with Gasteiger partial charge in [-0.25, -0.2) is 18.2 Å². The largest absolute Gasteiger partial charge is 0.477 e. The molecule has 6 nitrogen and oxygen atoms in total. The molecule has 0 saturated carbocycles. The molecule has 21 heavy (non-hydrogen) atoms. The van der Waals surface area contributed by atoms with Crippen molar-refractivity contribution in [2.45, 2.75) is 18.7 Å². The van der Waals surface area contributed by atoms with E-state index in [4.69, 9.17) is 16.7 Å². The Morgan fingerprint density at radius 2 is 2.10 bits per heavy atom. The summed E-state index contributed by atoms with van der Waals surface area (Å²) in [4.78, 5) is 14.5. The first-order valence-corrected chi connectivity index (χ1v) is 8.43. The third-order valence-corrected chi connectivity index (χ3v) is 5.67. The molecule has 2 aromatic rings. The van der Waals surface area contributed by atoms with Crippen molar-refractivity contribution >= 4 is 44.6 Å². The number of pyridine rings is 1. The summed E-state index contributed by atoms with van der Waals surface area (Å²) in [6.45, 7) is 3.27. The lowest BCUT2D eigenvalue weighted by molar-refractivity contribution is 0.0698. The topological polar surface area (TPSA) is 96.4 Å². The summed E-state index contributed by atoms with van der Waals surface area (Å²) >= 11 is 6.72. The third kappa shape index (κ3) is 3.17. The van der Waals surface area contributed by atoms with E-state index in [9.17, 15) is 13.2 Å². The van der Waals surface area contributed by atoms with Gasteiger partial charge in [0.25, 0.3) is 10.0 Å². The molecule has 0 amide bonds. The molecule has 0 atom stereocenters. The molecular formula is C12H11ClN2O4S2. The van der Waals surface area contributed by atoms with Crippen LogP contribution in [0.1, 0.15) is 20.8 Å². The minimum Gasteiger partial charge on any atom is -0.477 e. The first-order valence-electron chi connectivity index (χ1n) is 5.68. The number of aromatic nitrogens is 1. The van der Waals surface area contributed by atoms with Crippen molar-refractivity contribution in [1.29, 1.82) is 0 Å². The number of aryl methyl sites for hydroxylation is 2. The van der Waals surface area contributed by atoms with E-state index in [0.717, 1.165) is 16.9 Å². The fraction of sp³-hybridized carbons (Fsp3) is 0.167. The van der Waals surface area contributed by atoms with Crippen LogP contribution in [-0.2, 0) is 10.0 Å². The molecule has 0 aliphatic heterocycles. The summed E-state index contributed by atoms with van der Waals surface area (Å²) in [6.07, 6.45) is 1.50. The lowest BCUT2D eigenvalue weighted by Crippen LogP contribution is -2.16. The fourth-order valence-electron chi connectivity index (χ4n) is 1.73. The molecule has 0 radical (unpaired) electrons. The number of nitrogens with zero attached hydrogens (tertiary/aromatic N) is 1. The molecule has 0 aliphatic rings. The second-order valence-corrected chi connectivity index (χ2v) is 7.20. The van der Waals surface area contributed by atoms with Crippen LogP contribution < -0.4 is 4.72 Å². The van der Waals surface area contributed by atoms with Crippen molar-refractivity contribution in [2.75, 3.05) is 4.72 Å². The first-order chi connectivity index (χ1) is 9.72. The molecule has 0 bridgehead atoms. The van der Waals surface area contributed by atoms with Crippen LogP contribution in [0.25, 0.3) is 0 Å². The molecule has 0 aliphatic carbocycles. The average Bonchev–Trinajstić information content (AvgIpc) is 2.76. The molecule has 9 heteroatoms. The number of sulfonamides is 1. The Bertz CT molecular complexity index is 815. The lowest BCUT2D eigenvalue weighted by atomic mass is 10.3. The number of rotatable bonds is 4. The van der Waals surface area contributed by atoms with E-state index in [1.54, 1.807) is 6.92 Å². The Labute approximate surface area is 130 Å². The third-order valence-electron chi connectivity index (χ3n) is 2.60. The van der Waals surface area contributed by atoms with Crippen molar-refractivity contribution in [3.8, 4) is 0 Å². The van der Waals surface area contributed by atoms with Gasteiger partial charge in [0.15, 0.2) is 5.15 Å². The lowest BCUT2D eigenvalue weighted by Gasteiger charge is -2.10. The summed E-state index contributed by atoms with van der Waals surface area (Å²) in [5.74, 6) is -1.29. The zero-order valence-corrected chi connectivity index (χ0v) is 13.4. The standard InChI is InChI=1S/C12H11ClN2O4S2/c1-6-3-8(11(13)14-4-6)15-21(18,19)10-7(2)5-20-9(10)12(16)17/h3-5,15H,1-2H3,(H,16,17). The van der Waals surface area contributed by atoms with Gasteiger partial charge in [0.2, 0.25) is 0 Å². The van der Waals surface area contributed by atoms with Crippen LogP contribution in [-0.4, -0.2) is 24.5 Å². The number of anilines is 1. The highest BCUT2D eigenvalue weighted by Crippen LogP contribution is 2.30. The fourth-order valence-corrected chi connectivity index (χ4v) is 4.63. The summed E-state index contributed by atoms with van der Waals surface area (Å²) in [5.41, 5.74) is 1.19. The normalized spacial score (nSPS) is 11.4. The van der Waals surface area contributed by atoms with Gasteiger partial charge in [-0.1, -0.05) is 11.6 Å². The van der Waals surface area contributed by atoms with E-state index >= 15 is 0 Å². The van der Waals surface area contributed by atoms with Crippen LogP contribution in [0.2, 0.25) is 5.15 Å². The van der Waals surface area contributed by atoms with Crippen LogP contribution in [0.3, 0.4) is 0 Å². The van der Waals surface area contributed by atoms with E-state index in [2.05, 4.69) is 9.71 Å². The molecule has 2 aromatic heterocycles. The minimum absolute atomic E-state index is 0.00562. The number of halogens is 1. The Kier molecular flexibility index (Phi) is 4.22. The van der Waals surface area contributed by atoms with Gasteiger partial charge in [-0.05, 0) is 36.4 Å². The molecular weight excluding hydrogens is 336 g/mol. The van der Waals surface area contributed by atoms with E-state index in [1.165, 1.54) is 24.6 Å². The van der Waals surface area contributed by atoms with E-state index in [1.807, 2.05) is 0 Å². The SMILES string of the molecule is Cc1cnc(Cl)c(NS(=O)(=O)c2c(C)csc2C(=O)O)c1. The average molecular weight is 347 g/mol. The van der Waals surface area contributed by atoms with E-state index < -0.39 is 16.0 Å². The quantitative estimate of drug-likeness (QED) is 0.830. The van der Waals surface area contributed by atoms with E-state index in [-0.39, 0.29) is 20.6 Å². The van der Waals surface area contributed by atoms with Gasteiger partial charge in [-0.2, -0.15) is 0 Å². The number of carbonyl (C=O) groups is 1. The number of aromatic carboxylic acids is 1. The summed E-state index contributed by atoms with van der Waals surface area (Å²) in [5, 5.41) is 10.6. The number of carboxylic acids is 1. The molecule has 112 valence electrons. The van der Waals surface area contributed by atoms with Crippen LogP contribution in [0.5, 0.6) is 0 Å². The predicted octanol–water partition coefficient (Wildman–Crippen LogP) is 2.91.